The molecule has 316 valence electrons. The Morgan fingerprint density at radius 2 is 0.944 bits per heavy atom. The number of rotatable bonds is 42. The van der Waals surface area contributed by atoms with Crippen molar-refractivity contribution in [3.63, 3.8) is 0 Å². The van der Waals surface area contributed by atoms with Crippen molar-refractivity contribution in [2.75, 3.05) is 19.6 Å². The molecule has 1 rings (SSSR count). The Bertz CT molecular complexity index is 879. The molecule has 0 bridgehead atoms. The molecule has 0 aliphatic carbocycles. The molecule has 1 amide bonds. The lowest BCUT2D eigenvalue weighted by Crippen LogP contribution is -2.35. The zero-order valence-corrected chi connectivity index (χ0v) is 37.0. The molecular formula is C50H96N3O+. The first kappa shape index (κ1) is 50.4. The number of amides is 1. The minimum absolute atomic E-state index is 0.258. The first-order valence-corrected chi connectivity index (χ1v) is 24.6. The monoisotopic (exact) mass is 755 g/mol. The summed E-state index contributed by atoms with van der Waals surface area (Å²) in [4.78, 5) is 12.5. The highest BCUT2D eigenvalue weighted by Crippen LogP contribution is 2.20. The summed E-state index contributed by atoms with van der Waals surface area (Å²) in [6, 6.07) is 0.586. The van der Waals surface area contributed by atoms with E-state index in [0.29, 0.717) is 18.4 Å². The molecule has 2 N–H and O–H groups in total. The van der Waals surface area contributed by atoms with Gasteiger partial charge in [0, 0.05) is 13.0 Å². The lowest BCUT2D eigenvalue weighted by molar-refractivity contribution is -0.563. The summed E-state index contributed by atoms with van der Waals surface area (Å²) < 4.78 is 2.55. The van der Waals surface area contributed by atoms with E-state index in [-0.39, 0.29) is 5.91 Å². The quantitative estimate of drug-likeness (QED) is 0.0370. The maximum absolute atomic E-state index is 12.5. The van der Waals surface area contributed by atoms with Gasteiger partial charge in [0.25, 0.3) is 0 Å². The minimum Gasteiger partial charge on any atom is -0.356 e. The summed E-state index contributed by atoms with van der Waals surface area (Å²) in [7, 11) is 0. The number of hydrogen-bond donors (Lipinski definition) is 2. The molecule has 0 saturated heterocycles. The number of carbonyl (C=O) groups excluding carboxylic acids is 1. The number of carbonyl (C=O) groups is 1. The Morgan fingerprint density at radius 3 is 1.35 bits per heavy atom. The second-order valence-corrected chi connectivity index (χ2v) is 17.2. The van der Waals surface area contributed by atoms with Gasteiger partial charge in [-0.2, -0.15) is 0 Å². The van der Waals surface area contributed by atoms with E-state index in [1.54, 1.807) is 0 Å². The van der Waals surface area contributed by atoms with Crippen molar-refractivity contribution in [1.29, 1.82) is 0 Å². The predicted octanol–water partition coefficient (Wildman–Crippen LogP) is 14.9. The van der Waals surface area contributed by atoms with Gasteiger partial charge in [0.15, 0.2) is 0 Å². The van der Waals surface area contributed by atoms with Crippen molar-refractivity contribution in [3.8, 4) is 0 Å². The SMILES string of the molecule is CCCCCCCC/C=C\CCCCCCCCCCCC(=O)NCCC(C)C(CCCCCCCCCC/C=C\CCCCCCCC)[N+]1=CNCC1. The predicted molar refractivity (Wildman–Crippen MR) is 241 cm³/mol. The van der Waals surface area contributed by atoms with Crippen molar-refractivity contribution in [3.05, 3.63) is 24.3 Å². The minimum atomic E-state index is 0.258. The normalized spacial score (nSPS) is 14.2. The molecule has 0 aromatic heterocycles. The van der Waals surface area contributed by atoms with E-state index in [9.17, 15) is 4.79 Å². The fraction of sp³-hybridized carbons (Fsp3) is 0.880. The van der Waals surface area contributed by atoms with E-state index in [4.69, 9.17) is 0 Å². The van der Waals surface area contributed by atoms with E-state index in [1.807, 2.05) is 0 Å². The highest BCUT2D eigenvalue weighted by Gasteiger charge is 2.26. The number of hydrogen-bond acceptors (Lipinski definition) is 2. The van der Waals surface area contributed by atoms with Gasteiger partial charge in [0.05, 0.1) is 6.04 Å². The molecule has 0 saturated carbocycles. The third-order valence-corrected chi connectivity index (χ3v) is 12.0. The molecular weight excluding hydrogens is 659 g/mol. The number of unbranched alkanes of at least 4 members (excludes halogenated alkanes) is 29. The van der Waals surface area contributed by atoms with Crippen molar-refractivity contribution < 1.29 is 9.37 Å². The van der Waals surface area contributed by atoms with Gasteiger partial charge in [-0.3, -0.25) is 14.7 Å². The molecule has 0 aromatic rings. The molecule has 0 spiro atoms. The molecule has 0 fully saturated rings. The third kappa shape index (κ3) is 33.7. The van der Waals surface area contributed by atoms with Crippen LogP contribution in [-0.2, 0) is 4.79 Å². The Balaban J connectivity index is 1.97. The summed E-state index contributed by atoms with van der Waals surface area (Å²) in [5.74, 6) is 0.849. The van der Waals surface area contributed by atoms with Gasteiger partial charge < -0.3 is 5.32 Å². The number of nitrogens with zero attached hydrogens (tertiary/aromatic N) is 1. The van der Waals surface area contributed by atoms with Crippen LogP contribution in [0.2, 0.25) is 0 Å². The lowest BCUT2D eigenvalue weighted by Gasteiger charge is -2.23. The van der Waals surface area contributed by atoms with Gasteiger partial charge in [-0.05, 0) is 83.0 Å². The van der Waals surface area contributed by atoms with Crippen LogP contribution in [0.3, 0.4) is 0 Å². The van der Waals surface area contributed by atoms with Crippen LogP contribution in [0.1, 0.15) is 252 Å². The second-order valence-electron chi connectivity index (χ2n) is 17.2. The van der Waals surface area contributed by atoms with Crippen LogP contribution in [0.4, 0.5) is 0 Å². The number of nitrogens with one attached hydrogen (secondary N) is 2. The van der Waals surface area contributed by atoms with Crippen LogP contribution in [0.15, 0.2) is 24.3 Å². The van der Waals surface area contributed by atoms with Crippen LogP contribution in [0, 0.1) is 5.92 Å². The average Bonchev–Trinajstić information content (AvgIpc) is 3.71. The van der Waals surface area contributed by atoms with Crippen LogP contribution in [-0.4, -0.2) is 42.5 Å². The van der Waals surface area contributed by atoms with Crippen LogP contribution < -0.4 is 10.6 Å². The largest absolute Gasteiger partial charge is 0.356 e. The van der Waals surface area contributed by atoms with Crippen molar-refractivity contribution in [1.82, 2.24) is 10.6 Å². The number of allylic oxidation sites excluding steroid dienone is 4. The maximum Gasteiger partial charge on any atom is 0.232 e. The van der Waals surface area contributed by atoms with Crippen molar-refractivity contribution in [2.24, 2.45) is 5.92 Å². The highest BCUT2D eigenvalue weighted by molar-refractivity contribution is 5.75. The zero-order chi connectivity index (χ0) is 38.8. The van der Waals surface area contributed by atoms with Crippen molar-refractivity contribution in [2.45, 2.75) is 258 Å². The van der Waals surface area contributed by atoms with E-state index in [1.165, 1.54) is 212 Å². The summed E-state index contributed by atoms with van der Waals surface area (Å²) in [6.07, 6.45) is 59.6. The van der Waals surface area contributed by atoms with Gasteiger partial charge in [-0.1, -0.05) is 193 Å². The second kappa shape index (κ2) is 41.1. The smallest absolute Gasteiger partial charge is 0.232 e. The average molecular weight is 755 g/mol. The molecule has 2 unspecified atom stereocenters. The lowest BCUT2D eigenvalue weighted by atomic mass is 9.92. The molecule has 1 heterocycles. The van der Waals surface area contributed by atoms with Crippen LogP contribution in [0.25, 0.3) is 0 Å². The molecule has 0 aromatic carbocycles. The van der Waals surface area contributed by atoms with E-state index in [0.717, 1.165) is 32.5 Å². The van der Waals surface area contributed by atoms with Gasteiger partial charge in [0.1, 0.15) is 13.1 Å². The van der Waals surface area contributed by atoms with E-state index in [2.05, 4.69) is 66.6 Å². The Labute approximate surface area is 339 Å². The van der Waals surface area contributed by atoms with E-state index >= 15 is 0 Å². The summed E-state index contributed by atoms with van der Waals surface area (Å²) in [6.45, 7) is 9.99. The standard InChI is InChI=1S/C50H95N3O/c1-4-6-8-10-12-14-16-18-20-22-24-26-28-30-32-34-36-38-40-42-50(54)52-44-43-48(3)49(53-46-45-51-47-53)41-39-37-35-33-31-29-27-25-23-21-19-17-15-13-11-9-7-5-2/h18-21,47-49H,4-17,22-46H2,1-3H3,(H,52,54)/p+1/b20-18-,21-19-. The molecule has 54 heavy (non-hydrogen) atoms. The molecule has 1 aliphatic rings. The van der Waals surface area contributed by atoms with Crippen LogP contribution >= 0.6 is 0 Å². The fourth-order valence-corrected chi connectivity index (χ4v) is 8.22. The first-order valence-electron chi connectivity index (χ1n) is 24.6. The van der Waals surface area contributed by atoms with Gasteiger partial charge in [-0.25, -0.2) is 0 Å². The topological polar surface area (TPSA) is 44.1 Å². The van der Waals surface area contributed by atoms with Gasteiger partial charge in [0.2, 0.25) is 12.2 Å². The Kier molecular flexibility index (Phi) is 38.4. The van der Waals surface area contributed by atoms with Gasteiger partial charge >= 0.3 is 0 Å². The molecule has 2 atom stereocenters. The fourth-order valence-electron chi connectivity index (χ4n) is 8.22. The summed E-state index contributed by atoms with van der Waals surface area (Å²) in [5, 5.41) is 6.69. The zero-order valence-electron chi connectivity index (χ0n) is 37.0. The molecule has 1 aliphatic heterocycles. The highest BCUT2D eigenvalue weighted by atomic mass is 16.1. The molecule has 4 nitrogen and oxygen atoms in total. The summed E-state index contributed by atoms with van der Waals surface area (Å²) >= 11 is 0. The Hall–Kier alpha value is -1.58. The van der Waals surface area contributed by atoms with Gasteiger partial charge in [-0.15, -0.1) is 0 Å². The molecule has 4 heteroatoms. The Morgan fingerprint density at radius 1 is 0.556 bits per heavy atom. The van der Waals surface area contributed by atoms with Crippen molar-refractivity contribution >= 4 is 12.2 Å². The van der Waals surface area contributed by atoms with Crippen LogP contribution in [0.5, 0.6) is 0 Å². The molecule has 0 radical (unpaired) electrons. The van der Waals surface area contributed by atoms with E-state index < -0.39 is 0 Å². The third-order valence-electron chi connectivity index (χ3n) is 12.0. The maximum atomic E-state index is 12.5. The first-order chi connectivity index (χ1) is 26.7. The summed E-state index contributed by atoms with van der Waals surface area (Å²) in [5.41, 5.74) is 0.